The molecule has 2 aromatic heterocycles. The standard InChI is InChI=1S/C25H30N4O3/c1-4-6-7-8-9-10-11-18-12-19(20-14-26-17(3)27-15-20)13-21-24(22(30)5-2)28-29(25(18)21)16-23(31)32/h4,12-15H,1,5-11,16H2,2-3H3,(H,31,32). The number of aromatic nitrogens is 4. The SMILES string of the molecule is C=CCCCCCCc1cc(-c2cnc(C)nc2)cc2c(C(=O)CC)nn(CC(=O)O)c12. The number of aliphatic carboxylic acids is 1. The van der Waals surface area contributed by atoms with Crippen LogP contribution in [0.3, 0.4) is 0 Å². The van der Waals surface area contributed by atoms with Crippen molar-refractivity contribution in [3.05, 3.63) is 54.3 Å². The summed E-state index contributed by atoms with van der Waals surface area (Å²) in [5.74, 6) is -0.409. The molecule has 3 aromatic rings. The molecule has 0 saturated carbocycles. The number of aryl methyl sites for hydroxylation is 2. The van der Waals surface area contributed by atoms with E-state index >= 15 is 0 Å². The minimum Gasteiger partial charge on any atom is -0.480 e. The number of carbonyl (C=O) groups excluding carboxylic acids is 1. The van der Waals surface area contributed by atoms with Gasteiger partial charge in [0, 0.05) is 29.8 Å². The zero-order valence-electron chi connectivity index (χ0n) is 18.8. The van der Waals surface area contributed by atoms with E-state index in [1.165, 1.54) is 4.68 Å². The number of unbranched alkanes of at least 4 members (excludes halogenated alkanes) is 4. The summed E-state index contributed by atoms with van der Waals surface area (Å²) in [7, 11) is 0. The van der Waals surface area contributed by atoms with Crippen molar-refractivity contribution in [2.75, 3.05) is 0 Å². The third kappa shape index (κ3) is 5.46. The molecular weight excluding hydrogens is 404 g/mol. The molecule has 3 rings (SSSR count). The van der Waals surface area contributed by atoms with Crippen LogP contribution in [0.2, 0.25) is 0 Å². The van der Waals surface area contributed by atoms with Crippen LogP contribution in [0.1, 0.15) is 67.3 Å². The summed E-state index contributed by atoms with van der Waals surface area (Å²) in [5, 5.41) is 14.5. The molecule has 0 bridgehead atoms. The van der Waals surface area contributed by atoms with Gasteiger partial charge in [0.2, 0.25) is 0 Å². The molecule has 0 atom stereocenters. The van der Waals surface area contributed by atoms with Gasteiger partial charge < -0.3 is 5.11 Å². The second-order valence-electron chi connectivity index (χ2n) is 7.97. The van der Waals surface area contributed by atoms with Crippen LogP contribution in [0.25, 0.3) is 22.0 Å². The summed E-state index contributed by atoms with van der Waals surface area (Å²) >= 11 is 0. The number of carboxylic acid groups (broad SMARTS) is 1. The van der Waals surface area contributed by atoms with Crippen LogP contribution in [-0.4, -0.2) is 36.6 Å². The van der Waals surface area contributed by atoms with E-state index in [9.17, 15) is 14.7 Å². The lowest BCUT2D eigenvalue weighted by molar-refractivity contribution is -0.137. The highest BCUT2D eigenvalue weighted by Gasteiger charge is 2.21. The summed E-state index contributed by atoms with van der Waals surface area (Å²) in [6, 6.07) is 3.96. The van der Waals surface area contributed by atoms with Crippen molar-refractivity contribution in [3.8, 4) is 11.1 Å². The van der Waals surface area contributed by atoms with Crippen molar-refractivity contribution in [1.29, 1.82) is 0 Å². The molecule has 7 nitrogen and oxygen atoms in total. The lowest BCUT2D eigenvalue weighted by Gasteiger charge is -2.11. The first-order valence-corrected chi connectivity index (χ1v) is 11.1. The Hall–Kier alpha value is -3.35. The molecule has 7 heteroatoms. The molecule has 0 aliphatic heterocycles. The van der Waals surface area contributed by atoms with Crippen LogP contribution in [0.5, 0.6) is 0 Å². The molecule has 0 amide bonds. The molecule has 0 saturated heterocycles. The number of hydrogen-bond acceptors (Lipinski definition) is 5. The zero-order valence-corrected chi connectivity index (χ0v) is 18.8. The van der Waals surface area contributed by atoms with Crippen LogP contribution in [0.15, 0.2) is 37.2 Å². The van der Waals surface area contributed by atoms with E-state index in [0.717, 1.165) is 60.7 Å². The van der Waals surface area contributed by atoms with Gasteiger partial charge in [0.25, 0.3) is 0 Å². The number of rotatable bonds is 12. The minimum absolute atomic E-state index is 0.105. The molecule has 2 heterocycles. The normalized spacial score (nSPS) is 11.1. The zero-order chi connectivity index (χ0) is 23.1. The Bertz CT molecular complexity index is 1120. The average Bonchev–Trinajstić information content (AvgIpc) is 3.13. The number of fused-ring (bicyclic) bond motifs is 1. The number of allylic oxidation sites excluding steroid dienone is 1. The van der Waals surface area contributed by atoms with Gasteiger partial charge in [-0.05, 0) is 55.9 Å². The number of ketones is 1. The largest absolute Gasteiger partial charge is 0.480 e. The highest BCUT2D eigenvalue weighted by atomic mass is 16.4. The van der Waals surface area contributed by atoms with Gasteiger partial charge >= 0.3 is 5.97 Å². The van der Waals surface area contributed by atoms with Crippen molar-refractivity contribution < 1.29 is 14.7 Å². The third-order valence-corrected chi connectivity index (χ3v) is 5.51. The first kappa shape index (κ1) is 23.3. The highest BCUT2D eigenvalue weighted by Crippen LogP contribution is 2.31. The van der Waals surface area contributed by atoms with Gasteiger partial charge in [0.15, 0.2) is 5.78 Å². The molecule has 0 fully saturated rings. The fourth-order valence-corrected chi connectivity index (χ4v) is 3.88. The van der Waals surface area contributed by atoms with Crippen molar-refractivity contribution >= 4 is 22.7 Å². The number of Topliss-reactive ketones (excluding diaryl/α,β-unsaturated/α-hetero) is 1. The Balaban J connectivity index is 2.09. The molecule has 0 radical (unpaired) electrons. The number of benzene rings is 1. The number of nitrogens with zero attached hydrogens (tertiary/aromatic N) is 4. The van der Waals surface area contributed by atoms with Crippen LogP contribution < -0.4 is 0 Å². The van der Waals surface area contributed by atoms with Gasteiger partial charge in [-0.25, -0.2) is 9.97 Å². The molecule has 1 aromatic carbocycles. The highest BCUT2D eigenvalue weighted by molar-refractivity contribution is 6.07. The van der Waals surface area contributed by atoms with Crippen LogP contribution in [-0.2, 0) is 17.8 Å². The van der Waals surface area contributed by atoms with Crippen molar-refractivity contribution in [1.82, 2.24) is 19.7 Å². The molecule has 0 aliphatic carbocycles. The Morgan fingerprint density at radius 1 is 1.09 bits per heavy atom. The predicted octanol–water partition coefficient (Wildman–Crippen LogP) is 5.16. The fourth-order valence-electron chi connectivity index (χ4n) is 3.88. The Labute approximate surface area is 188 Å². The molecule has 32 heavy (non-hydrogen) atoms. The van der Waals surface area contributed by atoms with Gasteiger partial charge in [-0.1, -0.05) is 25.8 Å². The molecule has 1 N–H and O–H groups in total. The first-order chi connectivity index (χ1) is 15.4. The van der Waals surface area contributed by atoms with E-state index in [0.29, 0.717) is 23.3 Å². The van der Waals surface area contributed by atoms with E-state index in [4.69, 9.17) is 0 Å². The number of carboxylic acids is 1. The molecule has 0 aliphatic rings. The smallest absolute Gasteiger partial charge is 0.325 e. The molecule has 0 spiro atoms. The maximum Gasteiger partial charge on any atom is 0.325 e. The Morgan fingerprint density at radius 2 is 1.81 bits per heavy atom. The first-order valence-electron chi connectivity index (χ1n) is 11.1. The second-order valence-corrected chi connectivity index (χ2v) is 7.97. The van der Waals surface area contributed by atoms with Crippen LogP contribution >= 0.6 is 0 Å². The predicted molar refractivity (Wildman–Crippen MR) is 125 cm³/mol. The quantitative estimate of drug-likeness (QED) is 0.240. The van der Waals surface area contributed by atoms with Crippen LogP contribution in [0.4, 0.5) is 0 Å². The van der Waals surface area contributed by atoms with Gasteiger partial charge in [-0.2, -0.15) is 5.10 Å². The summed E-state index contributed by atoms with van der Waals surface area (Å²) in [4.78, 5) is 32.7. The van der Waals surface area contributed by atoms with E-state index in [1.54, 1.807) is 19.3 Å². The third-order valence-electron chi connectivity index (χ3n) is 5.51. The fraction of sp³-hybridized carbons (Fsp3) is 0.400. The van der Waals surface area contributed by atoms with Gasteiger partial charge in [0.1, 0.15) is 18.1 Å². The van der Waals surface area contributed by atoms with E-state index < -0.39 is 5.97 Å². The van der Waals surface area contributed by atoms with E-state index in [-0.39, 0.29) is 12.3 Å². The Morgan fingerprint density at radius 3 is 2.47 bits per heavy atom. The number of hydrogen-bond donors (Lipinski definition) is 1. The van der Waals surface area contributed by atoms with Crippen molar-refractivity contribution in [3.63, 3.8) is 0 Å². The molecular formula is C25H30N4O3. The Kier molecular flexibility index (Phi) is 7.87. The second kappa shape index (κ2) is 10.8. The summed E-state index contributed by atoms with van der Waals surface area (Å²) in [6.45, 7) is 7.10. The summed E-state index contributed by atoms with van der Waals surface area (Å²) in [5.41, 5.74) is 3.80. The van der Waals surface area contributed by atoms with Gasteiger partial charge in [-0.3, -0.25) is 14.3 Å². The average molecular weight is 435 g/mol. The van der Waals surface area contributed by atoms with Crippen molar-refractivity contribution in [2.45, 2.75) is 65.3 Å². The molecule has 0 unspecified atom stereocenters. The molecule has 168 valence electrons. The van der Waals surface area contributed by atoms with Gasteiger partial charge in [0.05, 0.1) is 5.52 Å². The topological polar surface area (TPSA) is 98.0 Å². The van der Waals surface area contributed by atoms with Gasteiger partial charge in [-0.15, -0.1) is 6.58 Å². The maximum absolute atomic E-state index is 12.6. The summed E-state index contributed by atoms with van der Waals surface area (Å²) in [6.07, 6.45) is 11.8. The maximum atomic E-state index is 12.6. The van der Waals surface area contributed by atoms with Crippen molar-refractivity contribution in [2.24, 2.45) is 0 Å². The minimum atomic E-state index is -0.990. The lowest BCUT2D eigenvalue weighted by atomic mass is 9.96. The monoisotopic (exact) mass is 434 g/mol. The number of carbonyl (C=O) groups is 2. The van der Waals surface area contributed by atoms with E-state index in [2.05, 4.69) is 27.7 Å². The summed E-state index contributed by atoms with van der Waals surface area (Å²) < 4.78 is 1.46. The van der Waals surface area contributed by atoms with E-state index in [1.807, 2.05) is 19.1 Å². The van der Waals surface area contributed by atoms with Crippen LogP contribution in [0, 0.1) is 6.92 Å². The lowest BCUT2D eigenvalue weighted by Crippen LogP contribution is -2.11.